The number of aliphatic hydroxyl groups is 5. The van der Waals surface area contributed by atoms with E-state index in [1.165, 1.54) is 19.1 Å². The SMILES string of the molecule is CC(=O)/C=C/[C@@]1(O)C(C)(C)CCC[C@@]1(C)O[C@H]1O[C@@H](CO)[C@H](O)[C@@H](O)[C@@H]1O. The van der Waals surface area contributed by atoms with Crippen molar-refractivity contribution in [3.05, 3.63) is 12.2 Å². The number of ketones is 1. The van der Waals surface area contributed by atoms with E-state index >= 15 is 0 Å². The van der Waals surface area contributed by atoms with Gasteiger partial charge in [-0.15, -0.1) is 0 Å². The minimum atomic E-state index is -1.57. The van der Waals surface area contributed by atoms with Gasteiger partial charge in [0.1, 0.15) is 35.6 Å². The Morgan fingerprint density at radius 1 is 1.15 bits per heavy atom. The summed E-state index contributed by atoms with van der Waals surface area (Å²) in [6.07, 6.45) is -2.52. The molecule has 0 aromatic rings. The van der Waals surface area contributed by atoms with Gasteiger partial charge in [-0.05, 0) is 50.7 Å². The van der Waals surface area contributed by atoms with Crippen LogP contribution in [-0.2, 0) is 14.3 Å². The highest BCUT2D eigenvalue weighted by molar-refractivity contribution is 5.87. The number of carbonyl (C=O) groups is 1. The van der Waals surface area contributed by atoms with Crippen molar-refractivity contribution in [1.29, 1.82) is 0 Å². The van der Waals surface area contributed by atoms with E-state index in [9.17, 15) is 30.3 Å². The van der Waals surface area contributed by atoms with Gasteiger partial charge in [0.05, 0.1) is 6.61 Å². The first-order valence-electron chi connectivity index (χ1n) is 9.29. The third-order valence-electron chi connectivity index (χ3n) is 6.08. The van der Waals surface area contributed by atoms with Crippen LogP contribution >= 0.6 is 0 Å². The fraction of sp³-hybridized carbons (Fsp3) is 0.842. The van der Waals surface area contributed by atoms with Crippen molar-refractivity contribution in [3.63, 3.8) is 0 Å². The van der Waals surface area contributed by atoms with Gasteiger partial charge in [-0.1, -0.05) is 13.8 Å². The highest BCUT2D eigenvalue weighted by Crippen LogP contribution is 2.52. The van der Waals surface area contributed by atoms with E-state index in [-0.39, 0.29) is 5.78 Å². The number of hydrogen-bond acceptors (Lipinski definition) is 8. The van der Waals surface area contributed by atoms with Crippen molar-refractivity contribution < 1.29 is 39.8 Å². The van der Waals surface area contributed by atoms with Crippen LogP contribution < -0.4 is 0 Å². The summed E-state index contributed by atoms with van der Waals surface area (Å²) in [5, 5.41) is 51.1. The van der Waals surface area contributed by atoms with E-state index in [0.29, 0.717) is 12.8 Å². The van der Waals surface area contributed by atoms with Gasteiger partial charge < -0.3 is 35.0 Å². The molecule has 0 aromatic heterocycles. The lowest BCUT2D eigenvalue weighted by Crippen LogP contribution is -2.67. The Labute approximate surface area is 159 Å². The molecular weight excluding hydrogens is 356 g/mol. The zero-order valence-electron chi connectivity index (χ0n) is 16.3. The normalized spacial score (nSPS) is 45.1. The molecule has 0 bridgehead atoms. The molecule has 8 nitrogen and oxygen atoms in total. The van der Waals surface area contributed by atoms with Crippen molar-refractivity contribution in [3.8, 4) is 0 Å². The molecule has 0 amide bonds. The zero-order chi connectivity index (χ0) is 20.6. The smallest absolute Gasteiger partial charge is 0.187 e. The summed E-state index contributed by atoms with van der Waals surface area (Å²) >= 11 is 0. The number of ether oxygens (including phenoxy) is 2. The van der Waals surface area contributed by atoms with Crippen molar-refractivity contribution in [2.24, 2.45) is 5.41 Å². The van der Waals surface area contributed by atoms with E-state index in [0.717, 1.165) is 6.42 Å². The van der Waals surface area contributed by atoms with Crippen LogP contribution in [0.4, 0.5) is 0 Å². The summed E-state index contributed by atoms with van der Waals surface area (Å²) in [6.45, 7) is 6.21. The fourth-order valence-corrected chi connectivity index (χ4v) is 4.17. The summed E-state index contributed by atoms with van der Waals surface area (Å²) in [5.74, 6) is -0.222. The molecule has 2 rings (SSSR count). The topological polar surface area (TPSA) is 137 Å². The van der Waals surface area contributed by atoms with Crippen LogP contribution in [0.3, 0.4) is 0 Å². The molecule has 0 aromatic carbocycles. The van der Waals surface area contributed by atoms with Gasteiger partial charge in [0.25, 0.3) is 0 Å². The standard InChI is InChI=1S/C19H32O8/c1-11(21)6-9-19(25)17(2,3)7-5-8-18(19,4)27-16-15(24)14(23)13(22)12(10-20)26-16/h6,9,12-16,20,22-25H,5,7-8,10H2,1-4H3/b9-6+/t12-,13-,14+,15-,16+,18+,19+/m0/s1. The molecule has 1 saturated carbocycles. The molecule has 1 aliphatic carbocycles. The lowest BCUT2D eigenvalue weighted by molar-refractivity contribution is -0.352. The quantitative estimate of drug-likeness (QED) is 0.403. The Morgan fingerprint density at radius 3 is 2.33 bits per heavy atom. The van der Waals surface area contributed by atoms with E-state index in [4.69, 9.17) is 9.47 Å². The molecular formula is C19H32O8. The zero-order valence-corrected chi connectivity index (χ0v) is 16.3. The largest absolute Gasteiger partial charge is 0.394 e. The maximum Gasteiger partial charge on any atom is 0.187 e. The van der Waals surface area contributed by atoms with E-state index < -0.39 is 53.9 Å². The molecule has 7 atom stereocenters. The Balaban J connectivity index is 2.36. The van der Waals surface area contributed by atoms with Crippen LogP contribution in [0.2, 0.25) is 0 Å². The first-order valence-corrected chi connectivity index (χ1v) is 9.29. The lowest BCUT2D eigenvalue weighted by Gasteiger charge is -2.57. The van der Waals surface area contributed by atoms with Crippen molar-refractivity contribution in [1.82, 2.24) is 0 Å². The maximum absolute atomic E-state index is 11.6. The second-order valence-corrected chi connectivity index (χ2v) is 8.49. The van der Waals surface area contributed by atoms with Gasteiger partial charge in [0.15, 0.2) is 12.1 Å². The molecule has 27 heavy (non-hydrogen) atoms. The molecule has 1 aliphatic heterocycles. The number of allylic oxidation sites excluding steroid dienone is 1. The Bertz CT molecular complexity index is 574. The van der Waals surface area contributed by atoms with Crippen molar-refractivity contribution >= 4 is 5.78 Å². The molecule has 0 radical (unpaired) electrons. The lowest BCUT2D eigenvalue weighted by atomic mass is 9.58. The maximum atomic E-state index is 11.6. The summed E-state index contributed by atoms with van der Waals surface area (Å²) in [6, 6.07) is 0. The van der Waals surface area contributed by atoms with Crippen LogP contribution in [0.25, 0.3) is 0 Å². The van der Waals surface area contributed by atoms with Gasteiger partial charge in [-0.2, -0.15) is 0 Å². The van der Waals surface area contributed by atoms with Crippen LogP contribution in [-0.4, -0.2) is 79.8 Å². The molecule has 2 aliphatic rings. The predicted octanol–water partition coefficient (Wildman–Crippen LogP) is -0.352. The van der Waals surface area contributed by atoms with Crippen LogP contribution in [0.5, 0.6) is 0 Å². The fourth-order valence-electron chi connectivity index (χ4n) is 4.17. The second-order valence-electron chi connectivity index (χ2n) is 8.49. The Hall–Kier alpha value is -0.870. The van der Waals surface area contributed by atoms with Crippen molar-refractivity contribution in [2.75, 3.05) is 6.61 Å². The van der Waals surface area contributed by atoms with Crippen molar-refractivity contribution in [2.45, 2.75) is 88.9 Å². The van der Waals surface area contributed by atoms with Crippen LogP contribution in [0, 0.1) is 5.41 Å². The summed E-state index contributed by atoms with van der Waals surface area (Å²) in [4.78, 5) is 11.5. The minimum Gasteiger partial charge on any atom is -0.394 e. The molecule has 156 valence electrons. The summed E-state index contributed by atoms with van der Waals surface area (Å²) < 4.78 is 11.5. The van der Waals surface area contributed by atoms with Gasteiger partial charge in [0.2, 0.25) is 0 Å². The van der Waals surface area contributed by atoms with Gasteiger partial charge in [0, 0.05) is 0 Å². The van der Waals surface area contributed by atoms with Gasteiger partial charge in [-0.3, -0.25) is 4.79 Å². The number of carbonyl (C=O) groups excluding carboxylic acids is 1. The van der Waals surface area contributed by atoms with Crippen LogP contribution in [0.15, 0.2) is 12.2 Å². The molecule has 1 heterocycles. The first-order chi connectivity index (χ1) is 12.4. The average Bonchev–Trinajstić information content (AvgIpc) is 2.58. The van der Waals surface area contributed by atoms with E-state index in [1.54, 1.807) is 6.92 Å². The highest BCUT2D eigenvalue weighted by Gasteiger charge is 2.60. The second kappa shape index (κ2) is 7.87. The molecule has 5 N–H and O–H groups in total. The first kappa shape index (κ1) is 22.4. The highest BCUT2D eigenvalue weighted by atomic mass is 16.7. The van der Waals surface area contributed by atoms with E-state index in [2.05, 4.69) is 0 Å². The number of hydrogen-bond donors (Lipinski definition) is 5. The Kier molecular flexibility index (Phi) is 6.53. The minimum absolute atomic E-state index is 0.222. The molecule has 1 saturated heterocycles. The van der Waals surface area contributed by atoms with Crippen LogP contribution in [0.1, 0.15) is 47.0 Å². The van der Waals surface area contributed by atoms with E-state index in [1.807, 2.05) is 13.8 Å². The summed E-state index contributed by atoms with van der Waals surface area (Å²) in [7, 11) is 0. The number of aliphatic hydroxyl groups excluding tert-OH is 4. The number of rotatable bonds is 5. The third-order valence-corrected chi connectivity index (χ3v) is 6.08. The Morgan fingerprint density at radius 2 is 1.78 bits per heavy atom. The molecule has 0 unspecified atom stereocenters. The molecule has 2 fully saturated rings. The van der Waals surface area contributed by atoms with Gasteiger partial charge in [-0.25, -0.2) is 0 Å². The third kappa shape index (κ3) is 3.98. The monoisotopic (exact) mass is 388 g/mol. The molecule has 0 spiro atoms. The van der Waals surface area contributed by atoms with Gasteiger partial charge >= 0.3 is 0 Å². The molecule has 8 heteroatoms. The predicted molar refractivity (Wildman–Crippen MR) is 95.7 cm³/mol. The summed E-state index contributed by atoms with van der Waals surface area (Å²) in [5.41, 5.74) is -3.43. The average molecular weight is 388 g/mol.